The summed E-state index contributed by atoms with van der Waals surface area (Å²) in [7, 11) is 0. The minimum Gasteiger partial charge on any atom is -0.294 e. The van der Waals surface area contributed by atoms with Crippen LogP contribution in [0.4, 0.5) is 13.2 Å². The quantitative estimate of drug-likeness (QED) is 0.594. The second kappa shape index (κ2) is 6.05. The lowest BCUT2D eigenvalue weighted by Gasteiger charge is -2.10. The molecule has 0 bridgehead atoms. The lowest BCUT2D eigenvalue weighted by molar-refractivity contribution is -0.138. The fourth-order valence-corrected chi connectivity index (χ4v) is 1.83. The number of carbonyl (C=O) groups excluding carboxylic acids is 1. The number of carbonyl (C=O) groups is 1. The molecule has 0 spiro atoms. The highest BCUT2D eigenvalue weighted by Gasteiger charge is 2.33. The normalized spacial score (nSPS) is 10.7. The molecule has 0 N–H and O–H groups in total. The molecule has 0 unspecified atom stereocenters. The van der Waals surface area contributed by atoms with Crippen LogP contribution in [0.2, 0.25) is 0 Å². The molecule has 0 fully saturated rings. The molecule has 0 heterocycles. The van der Waals surface area contributed by atoms with E-state index in [0.29, 0.717) is 6.42 Å². The Bertz CT molecular complexity index is 509. The van der Waals surface area contributed by atoms with Gasteiger partial charge in [0.25, 0.3) is 0 Å². The average Bonchev–Trinajstić information content (AvgIpc) is 2.28. The van der Waals surface area contributed by atoms with Gasteiger partial charge in [-0.2, -0.15) is 13.2 Å². The van der Waals surface area contributed by atoms with Gasteiger partial charge in [-0.3, -0.25) is 4.79 Å². The van der Waals surface area contributed by atoms with Crippen LogP contribution in [-0.2, 0) is 6.18 Å². The van der Waals surface area contributed by atoms with Gasteiger partial charge in [-0.15, -0.1) is 11.8 Å². The largest absolute Gasteiger partial charge is 0.417 e. The second-order valence-electron chi connectivity index (χ2n) is 3.54. The zero-order chi connectivity index (χ0) is 13.8. The molecule has 1 rings (SSSR count). The molecule has 0 saturated carbocycles. The third kappa shape index (κ3) is 3.88. The predicted molar refractivity (Wildman–Crippen MR) is 66.2 cm³/mol. The molecule has 0 atom stereocenters. The summed E-state index contributed by atoms with van der Waals surface area (Å²) in [5.74, 6) is 5.00. The van der Waals surface area contributed by atoms with Crippen molar-refractivity contribution in [3.8, 4) is 11.8 Å². The first-order chi connectivity index (χ1) is 8.36. The Balaban J connectivity index is 2.97. The first-order valence-electron chi connectivity index (χ1n) is 5.16. The van der Waals surface area contributed by atoms with Gasteiger partial charge in [-0.05, 0) is 19.1 Å². The molecule has 0 aromatic heterocycles. The van der Waals surface area contributed by atoms with E-state index in [1.54, 1.807) is 6.92 Å². The van der Waals surface area contributed by atoms with Crippen LogP contribution in [0.1, 0.15) is 35.7 Å². The molecular weight excluding hydrogens is 309 g/mol. The summed E-state index contributed by atoms with van der Waals surface area (Å²) in [4.78, 5) is 11.7. The van der Waals surface area contributed by atoms with Gasteiger partial charge in [0.1, 0.15) is 0 Å². The first-order valence-corrected chi connectivity index (χ1v) is 5.95. The molecule has 1 nitrogen and oxygen atoms in total. The van der Waals surface area contributed by atoms with Gasteiger partial charge in [-0.25, -0.2) is 0 Å². The van der Waals surface area contributed by atoms with Crippen LogP contribution < -0.4 is 0 Å². The summed E-state index contributed by atoms with van der Waals surface area (Å²) < 4.78 is 37.8. The Morgan fingerprint density at radius 1 is 1.39 bits per heavy atom. The fourth-order valence-electron chi connectivity index (χ4n) is 1.36. The van der Waals surface area contributed by atoms with Crippen LogP contribution in [0.25, 0.3) is 0 Å². The van der Waals surface area contributed by atoms with Crippen molar-refractivity contribution < 1.29 is 18.0 Å². The van der Waals surface area contributed by atoms with Crippen LogP contribution in [0, 0.1) is 11.8 Å². The molecule has 0 saturated heterocycles. The number of halogens is 4. The minimum atomic E-state index is -4.47. The third-order valence-electron chi connectivity index (χ3n) is 2.25. The first kappa shape index (κ1) is 14.8. The lowest BCUT2D eigenvalue weighted by atomic mass is 10.0. The Labute approximate surface area is 112 Å². The van der Waals surface area contributed by atoms with Crippen molar-refractivity contribution in [1.29, 1.82) is 0 Å². The smallest absolute Gasteiger partial charge is 0.294 e. The number of benzene rings is 1. The highest BCUT2D eigenvalue weighted by molar-refractivity contribution is 9.10. The fraction of sp³-hybridized carbons (Fsp3) is 0.308. The summed E-state index contributed by atoms with van der Waals surface area (Å²) >= 11 is 2.83. The van der Waals surface area contributed by atoms with E-state index in [1.807, 2.05) is 0 Å². The van der Waals surface area contributed by atoms with Gasteiger partial charge < -0.3 is 0 Å². The maximum Gasteiger partial charge on any atom is 0.417 e. The zero-order valence-electron chi connectivity index (χ0n) is 9.57. The van der Waals surface area contributed by atoms with Crippen molar-refractivity contribution in [3.05, 3.63) is 33.8 Å². The van der Waals surface area contributed by atoms with E-state index < -0.39 is 11.7 Å². The van der Waals surface area contributed by atoms with Crippen molar-refractivity contribution in [3.63, 3.8) is 0 Å². The maximum atomic E-state index is 12.6. The number of hydrogen-bond donors (Lipinski definition) is 0. The molecule has 0 amide bonds. The van der Waals surface area contributed by atoms with Crippen molar-refractivity contribution in [2.24, 2.45) is 0 Å². The number of Topliss-reactive ketones (excluding diaryl/α,β-unsaturated/α-hetero) is 1. The number of ketones is 1. The van der Waals surface area contributed by atoms with E-state index in [9.17, 15) is 18.0 Å². The van der Waals surface area contributed by atoms with Gasteiger partial charge >= 0.3 is 6.18 Å². The topological polar surface area (TPSA) is 17.1 Å². The monoisotopic (exact) mass is 318 g/mol. The Morgan fingerprint density at radius 2 is 2.06 bits per heavy atom. The van der Waals surface area contributed by atoms with Gasteiger partial charge in [0.2, 0.25) is 0 Å². The molecule has 18 heavy (non-hydrogen) atoms. The second-order valence-corrected chi connectivity index (χ2v) is 4.40. The molecule has 0 aliphatic heterocycles. The van der Waals surface area contributed by atoms with Gasteiger partial charge in [0.05, 0.1) is 5.56 Å². The molecule has 5 heteroatoms. The van der Waals surface area contributed by atoms with E-state index >= 15 is 0 Å². The number of hydrogen-bond acceptors (Lipinski definition) is 1. The van der Waals surface area contributed by atoms with Crippen molar-refractivity contribution in [2.45, 2.75) is 25.9 Å². The highest BCUT2D eigenvalue weighted by atomic mass is 79.9. The summed E-state index contributed by atoms with van der Waals surface area (Å²) in [6.45, 7) is 1.64. The molecule has 0 aliphatic carbocycles. The van der Waals surface area contributed by atoms with Gasteiger partial charge in [0.15, 0.2) is 5.78 Å². The van der Waals surface area contributed by atoms with E-state index in [2.05, 4.69) is 27.8 Å². The van der Waals surface area contributed by atoms with E-state index in [-0.39, 0.29) is 22.2 Å². The van der Waals surface area contributed by atoms with E-state index in [4.69, 9.17) is 0 Å². The van der Waals surface area contributed by atoms with Crippen molar-refractivity contribution >= 4 is 21.7 Å². The van der Waals surface area contributed by atoms with Crippen LogP contribution in [0.3, 0.4) is 0 Å². The Morgan fingerprint density at radius 3 is 2.61 bits per heavy atom. The van der Waals surface area contributed by atoms with Crippen molar-refractivity contribution in [1.82, 2.24) is 0 Å². The predicted octanol–water partition coefficient (Wildman–Crippen LogP) is 4.45. The molecule has 0 radical (unpaired) electrons. The van der Waals surface area contributed by atoms with Gasteiger partial charge in [-0.1, -0.05) is 22.0 Å². The zero-order valence-corrected chi connectivity index (χ0v) is 11.2. The summed E-state index contributed by atoms with van der Waals surface area (Å²) in [6, 6.07) is 3.48. The lowest BCUT2D eigenvalue weighted by Crippen LogP contribution is -2.08. The number of rotatable bonds is 3. The Kier molecular flexibility index (Phi) is 4.97. The van der Waals surface area contributed by atoms with Crippen LogP contribution >= 0.6 is 15.9 Å². The third-order valence-corrected chi connectivity index (χ3v) is 2.94. The molecule has 0 aliphatic rings. The molecule has 1 aromatic carbocycles. The minimum absolute atomic E-state index is 0.0587. The maximum absolute atomic E-state index is 12.6. The van der Waals surface area contributed by atoms with Crippen LogP contribution in [0.5, 0.6) is 0 Å². The van der Waals surface area contributed by atoms with E-state index in [1.165, 1.54) is 12.1 Å². The number of alkyl halides is 3. The van der Waals surface area contributed by atoms with Crippen LogP contribution in [-0.4, -0.2) is 5.78 Å². The van der Waals surface area contributed by atoms with Crippen molar-refractivity contribution in [2.75, 3.05) is 0 Å². The summed E-state index contributed by atoms with van der Waals surface area (Å²) in [5.41, 5.74) is -0.779. The highest BCUT2D eigenvalue weighted by Crippen LogP contribution is 2.35. The summed E-state index contributed by atoms with van der Waals surface area (Å²) in [5, 5.41) is 0. The van der Waals surface area contributed by atoms with Gasteiger partial charge in [0, 0.05) is 22.9 Å². The molecule has 1 aromatic rings. The molecular formula is C13H10BrF3O. The van der Waals surface area contributed by atoms with E-state index in [0.717, 1.165) is 6.07 Å². The molecule has 96 valence electrons. The average molecular weight is 319 g/mol. The summed E-state index contributed by atoms with van der Waals surface area (Å²) in [6.07, 6.45) is -4.00. The van der Waals surface area contributed by atoms with Crippen LogP contribution in [0.15, 0.2) is 22.7 Å². The standard InChI is InChI=1S/C13H10BrF3O/c1-2-3-4-5-12(18)9-6-7-11(14)10(8-9)13(15,16)17/h6-8H,4-5H2,1H3. The Hall–Kier alpha value is -1.28. The SMILES string of the molecule is CC#CCCC(=O)c1ccc(Br)c(C(F)(F)F)c1.